The van der Waals surface area contributed by atoms with Crippen molar-refractivity contribution >= 4 is 23.3 Å². The van der Waals surface area contributed by atoms with E-state index >= 15 is 0 Å². The molecule has 0 saturated carbocycles. The molecular formula is C16H22N2O3. The first-order valence-corrected chi connectivity index (χ1v) is 7.33. The van der Waals surface area contributed by atoms with Crippen LogP contribution in [0.3, 0.4) is 0 Å². The molecule has 1 aliphatic heterocycles. The Balaban J connectivity index is 2.12. The number of benzene rings is 1. The largest absolute Gasteiger partial charge is 0.469 e. The van der Waals surface area contributed by atoms with Gasteiger partial charge in [-0.15, -0.1) is 0 Å². The molecule has 1 heterocycles. The maximum absolute atomic E-state index is 12.0. The van der Waals surface area contributed by atoms with Gasteiger partial charge in [0, 0.05) is 37.4 Å². The van der Waals surface area contributed by atoms with E-state index in [0.29, 0.717) is 6.54 Å². The molecule has 0 spiro atoms. The van der Waals surface area contributed by atoms with Crippen LogP contribution in [0.15, 0.2) is 24.3 Å². The van der Waals surface area contributed by atoms with Gasteiger partial charge in [0.15, 0.2) is 0 Å². The molecule has 5 nitrogen and oxygen atoms in total. The lowest BCUT2D eigenvalue weighted by molar-refractivity contribution is -0.145. The molecule has 21 heavy (non-hydrogen) atoms. The summed E-state index contributed by atoms with van der Waals surface area (Å²) in [5.74, 6) is -0.698. The lowest BCUT2D eigenvalue weighted by Gasteiger charge is -2.22. The Hall–Kier alpha value is -2.04. The molecule has 1 aliphatic rings. The topological polar surface area (TPSA) is 49.9 Å². The first kappa shape index (κ1) is 15.4. The van der Waals surface area contributed by atoms with Gasteiger partial charge in [-0.2, -0.15) is 0 Å². The number of anilines is 2. The lowest BCUT2D eigenvalue weighted by atomic mass is 10.1. The second-order valence-corrected chi connectivity index (χ2v) is 5.12. The van der Waals surface area contributed by atoms with Crippen LogP contribution in [-0.4, -0.2) is 38.6 Å². The van der Waals surface area contributed by atoms with E-state index in [1.807, 2.05) is 24.3 Å². The van der Waals surface area contributed by atoms with Crippen molar-refractivity contribution in [1.29, 1.82) is 0 Å². The first-order chi connectivity index (χ1) is 10.1. The van der Waals surface area contributed by atoms with E-state index in [0.717, 1.165) is 24.5 Å². The van der Waals surface area contributed by atoms with E-state index < -0.39 is 0 Å². The highest BCUT2D eigenvalue weighted by Gasteiger charge is 2.35. The van der Waals surface area contributed by atoms with E-state index in [1.54, 1.807) is 4.90 Å². The minimum Gasteiger partial charge on any atom is -0.469 e. The summed E-state index contributed by atoms with van der Waals surface area (Å²) in [6, 6.07) is 7.90. The van der Waals surface area contributed by atoms with Crippen LogP contribution in [0.2, 0.25) is 0 Å². The normalized spacial score (nSPS) is 18.0. The highest BCUT2D eigenvalue weighted by Crippen LogP contribution is 2.27. The summed E-state index contributed by atoms with van der Waals surface area (Å²) in [4.78, 5) is 27.5. The van der Waals surface area contributed by atoms with Gasteiger partial charge in [-0.05, 0) is 38.1 Å². The SMILES string of the molecule is CCN(CC)c1ccc(N2C[C@H](C(=O)OC)CC2=O)cc1. The number of esters is 1. The van der Waals surface area contributed by atoms with Crippen LogP contribution in [0.4, 0.5) is 11.4 Å². The highest BCUT2D eigenvalue weighted by molar-refractivity contribution is 5.99. The average molecular weight is 290 g/mol. The molecule has 0 unspecified atom stereocenters. The van der Waals surface area contributed by atoms with Gasteiger partial charge in [0.25, 0.3) is 0 Å². The van der Waals surface area contributed by atoms with Crippen LogP contribution in [0.25, 0.3) is 0 Å². The smallest absolute Gasteiger partial charge is 0.311 e. The summed E-state index contributed by atoms with van der Waals surface area (Å²) in [6.07, 6.45) is 0.227. The zero-order valence-electron chi connectivity index (χ0n) is 12.8. The maximum atomic E-state index is 12.0. The van der Waals surface area contributed by atoms with Gasteiger partial charge in [0.05, 0.1) is 13.0 Å². The second kappa shape index (κ2) is 6.61. The number of nitrogens with zero attached hydrogens (tertiary/aromatic N) is 2. The number of carbonyl (C=O) groups is 2. The highest BCUT2D eigenvalue weighted by atomic mass is 16.5. The molecule has 0 aromatic heterocycles. The van der Waals surface area contributed by atoms with Gasteiger partial charge in [0.1, 0.15) is 0 Å². The van der Waals surface area contributed by atoms with E-state index in [4.69, 9.17) is 4.74 Å². The van der Waals surface area contributed by atoms with Crippen molar-refractivity contribution in [2.75, 3.05) is 36.5 Å². The van der Waals surface area contributed by atoms with Crippen molar-refractivity contribution in [3.05, 3.63) is 24.3 Å². The van der Waals surface area contributed by atoms with E-state index in [2.05, 4.69) is 18.7 Å². The molecule has 0 N–H and O–H groups in total. The molecule has 1 aromatic carbocycles. The van der Waals surface area contributed by atoms with Crippen LogP contribution in [0.5, 0.6) is 0 Å². The Morgan fingerprint density at radius 1 is 1.29 bits per heavy atom. The van der Waals surface area contributed by atoms with Crippen LogP contribution in [0, 0.1) is 5.92 Å². The Bertz CT molecular complexity index is 509. The lowest BCUT2D eigenvalue weighted by Crippen LogP contribution is -2.26. The standard InChI is InChI=1S/C16H22N2O3/c1-4-17(5-2)13-6-8-14(9-7-13)18-11-12(10-15(18)19)16(20)21-3/h6-9,12H,4-5,10-11H2,1-3H3/t12-/m1/s1. The van der Waals surface area contributed by atoms with Crippen molar-refractivity contribution in [3.8, 4) is 0 Å². The van der Waals surface area contributed by atoms with E-state index in [1.165, 1.54) is 7.11 Å². The third kappa shape index (κ3) is 3.17. The fraction of sp³-hybridized carbons (Fsp3) is 0.500. The quantitative estimate of drug-likeness (QED) is 0.779. The van der Waals surface area contributed by atoms with Crippen LogP contribution >= 0.6 is 0 Å². The molecule has 5 heteroatoms. The predicted octanol–water partition coefficient (Wildman–Crippen LogP) is 2.06. The molecular weight excluding hydrogens is 268 g/mol. The van der Waals surface area contributed by atoms with Crippen LogP contribution in [-0.2, 0) is 14.3 Å². The molecule has 0 bridgehead atoms. The first-order valence-electron chi connectivity index (χ1n) is 7.33. The van der Waals surface area contributed by atoms with E-state index in [9.17, 15) is 9.59 Å². The number of hydrogen-bond acceptors (Lipinski definition) is 4. The number of ether oxygens (including phenoxy) is 1. The predicted molar refractivity (Wildman–Crippen MR) is 82.5 cm³/mol. The van der Waals surface area contributed by atoms with Gasteiger partial charge < -0.3 is 14.5 Å². The number of amides is 1. The number of hydrogen-bond donors (Lipinski definition) is 0. The minimum atomic E-state index is -0.357. The molecule has 0 aliphatic carbocycles. The summed E-state index contributed by atoms with van der Waals surface area (Å²) in [5, 5.41) is 0. The van der Waals surface area contributed by atoms with Gasteiger partial charge >= 0.3 is 5.97 Å². The van der Waals surface area contributed by atoms with Crippen LogP contribution < -0.4 is 9.80 Å². The second-order valence-electron chi connectivity index (χ2n) is 5.12. The van der Waals surface area contributed by atoms with Gasteiger partial charge in [-0.25, -0.2) is 0 Å². The fourth-order valence-electron chi connectivity index (χ4n) is 2.71. The van der Waals surface area contributed by atoms with E-state index in [-0.39, 0.29) is 24.2 Å². The van der Waals surface area contributed by atoms with Crippen molar-refractivity contribution < 1.29 is 14.3 Å². The average Bonchev–Trinajstić information content (AvgIpc) is 2.90. The molecule has 1 aromatic rings. The Kier molecular flexibility index (Phi) is 4.83. The van der Waals surface area contributed by atoms with Crippen molar-refractivity contribution in [2.45, 2.75) is 20.3 Å². The summed E-state index contributed by atoms with van der Waals surface area (Å²) in [5.41, 5.74) is 1.97. The van der Waals surface area contributed by atoms with Gasteiger partial charge in [0.2, 0.25) is 5.91 Å². The molecule has 0 radical (unpaired) electrons. The monoisotopic (exact) mass is 290 g/mol. The summed E-state index contributed by atoms with van der Waals surface area (Å²) < 4.78 is 4.72. The number of methoxy groups -OCH3 is 1. The molecule has 1 fully saturated rings. The molecule has 2 rings (SSSR count). The number of carbonyl (C=O) groups excluding carboxylic acids is 2. The molecule has 1 atom stereocenters. The molecule has 1 saturated heterocycles. The summed E-state index contributed by atoms with van der Waals surface area (Å²) >= 11 is 0. The van der Waals surface area contributed by atoms with Crippen molar-refractivity contribution in [1.82, 2.24) is 0 Å². The summed E-state index contributed by atoms with van der Waals surface area (Å²) in [6.45, 7) is 6.52. The Morgan fingerprint density at radius 3 is 2.43 bits per heavy atom. The van der Waals surface area contributed by atoms with Crippen molar-refractivity contribution in [3.63, 3.8) is 0 Å². The summed E-state index contributed by atoms with van der Waals surface area (Å²) in [7, 11) is 1.36. The van der Waals surface area contributed by atoms with Crippen molar-refractivity contribution in [2.24, 2.45) is 5.92 Å². The Labute approximate surface area is 125 Å². The number of rotatable bonds is 5. The minimum absolute atomic E-state index is 0.0269. The third-order valence-electron chi connectivity index (χ3n) is 3.95. The van der Waals surface area contributed by atoms with Gasteiger partial charge in [-0.3, -0.25) is 9.59 Å². The van der Waals surface area contributed by atoms with Gasteiger partial charge in [-0.1, -0.05) is 0 Å². The Morgan fingerprint density at radius 2 is 1.90 bits per heavy atom. The zero-order chi connectivity index (χ0) is 15.4. The fourth-order valence-corrected chi connectivity index (χ4v) is 2.71. The zero-order valence-corrected chi connectivity index (χ0v) is 12.8. The molecule has 1 amide bonds. The third-order valence-corrected chi connectivity index (χ3v) is 3.95. The molecule has 114 valence electrons. The maximum Gasteiger partial charge on any atom is 0.311 e. The van der Waals surface area contributed by atoms with Crippen LogP contribution in [0.1, 0.15) is 20.3 Å².